The van der Waals surface area contributed by atoms with Crippen molar-refractivity contribution in [3.8, 4) is 0 Å². The molecule has 2 aromatic carbocycles. The molecule has 0 bridgehead atoms. The van der Waals surface area contributed by atoms with E-state index in [0.717, 1.165) is 0 Å². The van der Waals surface area contributed by atoms with Gasteiger partial charge in [-0.25, -0.2) is 9.18 Å². The van der Waals surface area contributed by atoms with E-state index in [2.05, 4.69) is 10.5 Å². The average molecular weight is 342 g/mol. The van der Waals surface area contributed by atoms with Gasteiger partial charge in [0.25, 0.3) is 5.91 Å². The van der Waals surface area contributed by atoms with Crippen LogP contribution in [-0.4, -0.2) is 30.8 Å². The van der Waals surface area contributed by atoms with Crippen LogP contribution in [0.2, 0.25) is 0 Å². The second-order valence-corrected chi connectivity index (χ2v) is 5.37. The predicted octanol–water partition coefficient (Wildman–Crippen LogP) is 2.74. The fourth-order valence-corrected chi connectivity index (χ4v) is 2.45. The maximum atomic E-state index is 13.3. The monoisotopic (exact) mass is 342 g/mol. The van der Waals surface area contributed by atoms with Crippen LogP contribution >= 0.6 is 0 Å². The molecule has 1 amide bonds. The standard InChI is InChI=1S/C18H15FN2O4/c1-24-18(23)13-7-2-3-8-14(13)20-17(22)16-10-15(21-25-16)11-5-4-6-12(19)9-11/h2-9,16H,10H2,1H3,(H,20,22)/t16-/m0/s1. The molecule has 1 aliphatic heterocycles. The number of hydrogen-bond donors (Lipinski definition) is 1. The van der Waals surface area contributed by atoms with Crippen molar-refractivity contribution in [2.45, 2.75) is 12.5 Å². The first-order valence-electron chi connectivity index (χ1n) is 7.55. The van der Waals surface area contributed by atoms with E-state index >= 15 is 0 Å². The molecule has 128 valence electrons. The van der Waals surface area contributed by atoms with E-state index < -0.39 is 18.0 Å². The number of anilines is 1. The molecule has 1 N–H and O–H groups in total. The Morgan fingerprint density at radius 3 is 2.80 bits per heavy atom. The smallest absolute Gasteiger partial charge is 0.339 e. The lowest BCUT2D eigenvalue weighted by atomic mass is 10.0. The summed E-state index contributed by atoms with van der Waals surface area (Å²) in [7, 11) is 1.26. The van der Waals surface area contributed by atoms with Gasteiger partial charge < -0.3 is 14.9 Å². The Labute approximate surface area is 143 Å². The molecule has 0 aliphatic carbocycles. The molecule has 0 fully saturated rings. The zero-order chi connectivity index (χ0) is 17.8. The molecule has 3 rings (SSSR count). The van der Waals surface area contributed by atoms with Crippen LogP contribution in [0.15, 0.2) is 53.7 Å². The number of amides is 1. The molecule has 0 spiro atoms. The van der Waals surface area contributed by atoms with Crippen LogP contribution in [0.4, 0.5) is 10.1 Å². The first kappa shape index (κ1) is 16.6. The summed E-state index contributed by atoms with van der Waals surface area (Å²) in [5, 5.41) is 6.50. The van der Waals surface area contributed by atoms with Crippen LogP contribution in [0.3, 0.4) is 0 Å². The summed E-state index contributed by atoms with van der Waals surface area (Å²) in [6.07, 6.45) is -0.653. The molecule has 7 heteroatoms. The number of nitrogens with zero attached hydrogens (tertiary/aromatic N) is 1. The van der Waals surface area contributed by atoms with Crippen LogP contribution in [0.1, 0.15) is 22.3 Å². The van der Waals surface area contributed by atoms with Crippen molar-refractivity contribution < 1.29 is 23.6 Å². The van der Waals surface area contributed by atoms with Crippen molar-refractivity contribution in [1.82, 2.24) is 0 Å². The minimum Gasteiger partial charge on any atom is -0.465 e. The molecule has 1 atom stereocenters. The van der Waals surface area contributed by atoms with Crippen molar-refractivity contribution in [1.29, 1.82) is 0 Å². The van der Waals surface area contributed by atoms with Gasteiger partial charge in [-0.1, -0.05) is 29.4 Å². The maximum Gasteiger partial charge on any atom is 0.339 e. The fourth-order valence-electron chi connectivity index (χ4n) is 2.45. The number of benzene rings is 2. The number of oxime groups is 1. The number of nitrogens with one attached hydrogen (secondary N) is 1. The molecule has 0 saturated carbocycles. The first-order chi connectivity index (χ1) is 12.1. The van der Waals surface area contributed by atoms with Gasteiger partial charge in [-0.2, -0.15) is 0 Å². The zero-order valence-electron chi connectivity index (χ0n) is 13.4. The van der Waals surface area contributed by atoms with E-state index in [1.54, 1.807) is 36.4 Å². The van der Waals surface area contributed by atoms with Gasteiger partial charge in [0.05, 0.1) is 24.1 Å². The molecule has 1 heterocycles. The highest BCUT2D eigenvalue weighted by atomic mass is 19.1. The van der Waals surface area contributed by atoms with E-state index in [9.17, 15) is 14.0 Å². The Morgan fingerprint density at radius 2 is 2.04 bits per heavy atom. The molecule has 0 aromatic heterocycles. The Kier molecular flexibility index (Phi) is 4.74. The van der Waals surface area contributed by atoms with Crippen molar-refractivity contribution in [2.75, 3.05) is 12.4 Å². The van der Waals surface area contributed by atoms with Gasteiger partial charge >= 0.3 is 5.97 Å². The van der Waals surface area contributed by atoms with Crippen molar-refractivity contribution in [3.63, 3.8) is 0 Å². The number of ether oxygens (including phenoxy) is 1. The average Bonchev–Trinajstić information content (AvgIpc) is 3.12. The summed E-state index contributed by atoms with van der Waals surface area (Å²) < 4.78 is 18.0. The molecular formula is C18H15FN2O4. The lowest BCUT2D eigenvalue weighted by Crippen LogP contribution is -2.28. The summed E-state index contributed by atoms with van der Waals surface area (Å²) in [6, 6.07) is 12.4. The largest absolute Gasteiger partial charge is 0.465 e. The SMILES string of the molecule is COC(=O)c1ccccc1NC(=O)[C@@H]1CC(c2cccc(F)c2)=NO1. The van der Waals surface area contributed by atoms with Crippen LogP contribution in [0.5, 0.6) is 0 Å². The third-order valence-corrected chi connectivity index (χ3v) is 3.71. The van der Waals surface area contributed by atoms with E-state index in [0.29, 0.717) is 17.0 Å². The molecule has 0 radical (unpaired) electrons. The van der Waals surface area contributed by atoms with Crippen molar-refractivity contribution >= 4 is 23.3 Å². The quantitative estimate of drug-likeness (QED) is 0.867. The summed E-state index contributed by atoms with van der Waals surface area (Å²) in [6.45, 7) is 0. The predicted molar refractivity (Wildman–Crippen MR) is 88.8 cm³/mol. The molecule has 1 aliphatic rings. The van der Waals surface area contributed by atoms with Crippen LogP contribution in [0.25, 0.3) is 0 Å². The number of carbonyl (C=O) groups is 2. The van der Waals surface area contributed by atoms with Crippen molar-refractivity contribution in [3.05, 3.63) is 65.5 Å². The van der Waals surface area contributed by atoms with Crippen LogP contribution in [-0.2, 0) is 14.4 Å². The fraction of sp³-hybridized carbons (Fsp3) is 0.167. The Balaban J connectivity index is 1.69. The van der Waals surface area contributed by atoms with Gasteiger partial charge in [-0.15, -0.1) is 0 Å². The Hall–Kier alpha value is -3.22. The van der Waals surface area contributed by atoms with Gasteiger partial charge in [-0.05, 0) is 24.3 Å². The van der Waals surface area contributed by atoms with Crippen LogP contribution < -0.4 is 5.32 Å². The van der Waals surface area contributed by atoms with Crippen LogP contribution in [0, 0.1) is 5.82 Å². The second kappa shape index (κ2) is 7.12. The van der Waals surface area contributed by atoms with Gasteiger partial charge in [0, 0.05) is 12.0 Å². The molecule has 25 heavy (non-hydrogen) atoms. The summed E-state index contributed by atoms with van der Waals surface area (Å²) in [5.74, 6) is -1.40. The lowest BCUT2D eigenvalue weighted by molar-refractivity contribution is -0.125. The van der Waals surface area contributed by atoms with Crippen molar-refractivity contribution in [2.24, 2.45) is 5.16 Å². The normalized spacial score (nSPS) is 15.9. The number of rotatable bonds is 4. The summed E-state index contributed by atoms with van der Waals surface area (Å²) in [4.78, 5) is 29.3. The van der Waals surface area contributed by atoms with Gasteiger partial charge in [0.1, 0.15) is 5.82 Å². The molecule has 2 aromatic rings. The summed E-state index contributed by atoms with van der Waals surface area (Å²) in [5.41, 5.74) is 1.61. The number of hydrogen-bond acceptors (Lipinski definition) is 5. The molecular weight excluding hydrogens is 327 g/mol. The Bertz CT molecular complexity index is 850. The minimum absolute atomic E-state index is 0.204. The van der Waals surface area contributed by atoms with E-state index in [4.69, 9.17) is 9.57 Å². The maximum absolute atomic E-state index is 13.3. The van der Waals surface area contributed by atoms with Gasteiger partial charge in [0.2, 0.25) is 6.10 Å². The lowest BCUT2D eigenvalue weighted by Gasteiger charge is -2.12. The Morgan fingerprint density at radius 1 is 1.24 bits per heavy atom. The third-order valence-electron chi connectivity index (χ3n) is 3.71. The first-order valence-corrected chi connectivity index (χ1v) is 7.55. The number of methoxy groups -OCH3 is 1. The van der Waals surface area contributed by atoms with E-state index in [1.165, 1.54) is 19.2 Å². The zero-order valence-corrected chi connectivity index (χ0v) is 13.4. The number of esters is 1. The molecule has 0 unspecified atom stereocenters. The van der Waals surface area contributed by atoms with E-state index in [1.807, 2.05) is 0 Å². The number of para-hydroxylation sites is 1. The van der Waals surface area contributed by atoms with Gasteiger partial charge in [0.15, 0.2) is 0 Å². The molecule has 6 nitrogen and oxygen atoms in total. The minimum atomic E-state index is -0.857. The number of carbonyl (C=O) groups excluding carboxylic acids is 2. The number of halogens is 1. The summed E-state index contributed by atoms with van der Waals surface area (Å²) >= 11 is 0. The highest BCUT2D eigenvalue weighted by molar-refractivity contribution is 6.07. The molecule has 0 saturated heterocycles. The highest BCUT2D eigenvalue weighted by Gasteiger charge is 2.29. The second-order valence-electron chi connectivity index (χ2n) is 5.37. The van der Waals surface area contributed by atoms with Gasteiger partial charge in [-0.3, -0.25) is 4.79 Å². The topological polar surface area (TPSA) is 77.0 Å². The highest BCUT2D eigenvalue weighted by Crippen LogP contribution is 2.21. The van der Waals surface area contributed by atoms with E-state index in [-0.39, 0.29) is 17.8 Å². The third kappa shape index (κ3) is 3.65.